The molecule has 0 radical (unpaired) electrons. The predicted octanol–water partition coefficient (Wildman–Crippen LogP) is 0.776. The summed E-state index contributed by atoms with van der Waals surface area (Å²) in [5, 5.41) is 9.31. The lowest BCUT2D eigenvalue weighted by atomic mass is 10.0. The lowest BCUT2D eigenvalue weighted by Crippen LogP contribution is -2.38. The minimum atomic E-state index is -0.470. The fourth-order valence-corrected chi connectivity index (χ4v) is 2.09. The van der Waals surface area contributed by atoms with Crippen LogP contribution in [-0.2, 0) is 4.74 Å². The zero-order valence-electron chi connectivity index (χ0n) is 11.4. The van der Waals surface area contributed by atoms with Gasteiger partial charge in [-0.15, -0.1) is 0 Å². The van der Waals surface area contributed by atoms with Crippen molar-refractivity contribution in [3.63, 3.8) is 0 Å². The van der Waals surface area contributed by atoms with Gasteiger partial charge in [0.1, 0.15) is 5.60 Å². The predicted molar refractivity (Wildman–Crippen MR) is 65.9 cm³/mol. The van der Waals surface area contributed by atoms with Gasteiger partial charge in [0.05, 0.1) is 0 Å². The van der Waals surface area contributed by atoms with Gasteiger partial charge in [-0.1, -0.05) is 0 Å². The largest absolute Gasteiger partial charge is 0.444 e. The Balaban J connectivity index is 2.61. The quantitative estimate of drug-likeness (QED) is 0.780. The Morgan fingerprint density at radius 1 is 1.41 bits per heavy atom. The minimum absolute atomic E-state index is 0.0993. The van der Waals surface area contributed by atoms with Crippen LogP contribution < -0.4 is 0 Å². The normalized spacial score (nSPS) is 25.5. The van der Waals surface area contributed by atoms with E-state index in [4.69, 9.17) is 4.74 Å². The molecule has 5 nitrogen and oxygen atoms in total. The first-order chi connectivity index (χ1) is 7.74. The smallest absolute Gasteiger partial charge is 0.410 e. The Morgan fingerprint density at radius 2 is 2.00 bits per heavy atom. The number of aliphatic hydroxyl groups excluding tert-OH is 1. The van der Waals surface area contributed by atoms with Gasteiger partial charge in [-0.25, -0.2) is 4.79 Å². The van der Waals surface area contributed by atoms with E-state index in [2.05, 4.69) is 0 Å². The molecule has 100 valence electrons. The highest BCUT2D eigenvalue weighted by molar-refractivity contribution is 5.68. The topological polar surface area (TPSA) is 53.0 Å². The van der Waals surface area contributed by atoms with E-state index in [1.165, 1.54) is 0 Å². The maximum atomic E-state index is 11.9. The van der Waals surface area contributed by atoms with Gasteiger partial charge in [0, 0.05) is 31.7 Å². The molecule has 0 aliphatic carbocycles. The van der Waals surface area contributed by atoms with E-state index in [0.717, 1.165) is 0 Å². The second-order valence-electron chi connectivity index (χ2n) is 5.86. The molecular weight excluding hydrogens is 220 g/mol. The Hall–Kier alpha value is -0.810. The summed E-state index contributed by atoms with van der Waals surface area (Å²) in [5.74, 6) is 0.109. The van der Waals surface area contributed by atoms with Crippen molar-refractivity contribution in [1.82, 2.24) is 9.80 Å². The van der Waals surface area contributed by atoms with E-state index >= 15 is 0 Å². The van der Waals surface area contributed by atoms with Crippen LogP contribution in [0.3, 0.4) is 0 Å². The van der Waals surface area contributed by atoms with E-state index in [1.54, 1.807) is 4.90 Å². The van der Waals surface area contributed by atoms with E-state index in [9.17, 15) is 9.90 Å². The van der Waals surface area contributed by atoms with E-state index < -0.39 is 5.60 Å². The summed E-state index contributed by atoms with van der Waals surface area (Å²) in [7, 11) is 3.93. The Bertz CT molecular complexity index is 273. The molecule has 2 atom stereocenters. The first-order valence-electron chi connectivity index (χ1n) is 6.00. The average Bonchev–Trinajstić information content (AvgIpc) is 2.58. The molecule has 0 aromatic rings. The van der Waals surface area contributed by atoms with Crippen LogP contribution in [0, 0.1) is 5.92 Å². The maximum Gasteiger partial charge on any atom is 0.410 e. The van der Waals surface area contributed by atoms with Crippen LogP contribution in [0.1, 0.15) is 20.8 Å². The molecular formula is C12H24N2O3. The number of carbonyl (C=O) groups excluding carboxylic acids is 1. The number of aliphatic hydroxyl groups is 1. The third kappa shape index (κ3) is 3.85. The number of likely N-dealkylation sites (N-methyl/N-ethyl adjacent to an activating group) is 1. The van der Waals surface area contributed by atoms with Gasteiger partial charge in [0.15, 0.2) is 0 Å². The summed E-state index contributed by atoms with van der Waals surface area (Å²) in [4.78, 5) is 15.6. The van der Waals surface area contributed by atoms with E-state index in [0.29, 0.717) is 13.1 Å². The number of nitrogens with zero attached hydrogens (tertiary/aromatic N) is 2. The highest BCUT2D eigenvalue weighted by Gasteiger charge is 2.37. The van der Waals surface area contributed by atoms with E-state index in [1.807, 2.05) is 39.8 Å². The van der Waals surface area contributed by atoms with Crippen LogP contribution in [0.2, 0.25) is 0 Å². The molecule has 1 amide bonds. The summed E-state index contributed by atoms with van der Waals surface area (Å²) in [6.45, 7) is 6.85. The summed E-state index contributed by atoms with van der Waals surface area (Å²) < 4.78 is 5.33. The van der Waals surface area contributed by atoms with Crippen molar-refractivity contribution in [3.05, 3.63) is 0 Å². The number of carbonyl (C=O) groups is 1. The van der Waals surface area contributed by atoms with Crippen molar-refractivity contribution in [2.24, 2.45) is 5.92 Å². The van der Waals surface area contributed by atoms with Crippen molar-refractivity contribution in [3.8, 4) is 0 Å². The van der Waals surface area contributed by atoms with Crippen LogP contribution >= 0.6 is 0 Å². The van der Waals surface area contributed by atoms with Crippen LogP contribution in [0.4, 0.5) is 4.79 Å². The molecule has 1 aliphatic rings. The molecule has 17 heavy (non-hydrogen) atoms. The lowest BCUT2D eigenvalue weighted by Gasteiger charge is -2.25. The molecule has 0 saturated carbocycles. The molecule has 0 bridgehead atoms. The molecule has 0 aromatic carbocycles. The monoisotopic (exact) mass is 244 g/mol. The summed E-state index contributed by atoms with van der Waals surface area (Å²) in [5.41, 5.74) is -0.470. The zero-order chi connectivity index (χ0) is 13.2. The fraction of sp³-hybridized carbons (Fsp3) is 0.917. The van der Waals surface area contributed by atoms with Gasteiger partial charge in [0.2, 0.25) is 0 Å². The third-order valence-electron chi connectivity index (χ3n) is 2.96. The van der Waals surface area contributed by atoms with Gasteiger partial charge >= 0.3 is 6.09 Å². The standard InChI is InChI=1S/C12H24N2O3/c1-12(2,3)17-11(16)14-6-9(8-15)10(7-14)13(4)5/h9-10,15H,6-8H2,1-5H3/t9-,10-/m1/s1. The highest BCUT2D eigenvalue weighted by atomic mass is 16.6. The second-order valence-corrected chi connectivity index (χ2v) is 5.86. The summed E-state index contributed by atoms with van der Waals surface area (Å²) >= 11 is 0. The molecule has 1 fully saturated rings. The van der Waals surface area contributed by atoms with Crippen LogP contribution in [0.25, 0.3) is 0 Å². The van der Waals surface area contributed by atoms with Gasteiger partial charge in [-0.05, 0) is 34.9 Å². The maximum absolute atomic E-state index is 11.9. The first kappa shape index (κ1) is 14.3. The fourth-order valence-electron chi connectivity index (χ4n) is 2.09. The summed E-state index contributed by atoms with van der Waals surface area (Å²) in [6.07, 6.45) is -0.291. The van der Waals surface area contributed by atoms with Crippen molar-refractivity contribution in [2.75, 3.05) is 33.8 Å². The number of hydrogen-bond donors (Lipinski definition) is 1. The molecule has 1 aliphatic heterocycles. The SMILES string of the molecule is CN(C)[C@@H]1CN(C(=O)OC(C)(C)C)C[C@@H]1CO. The highest BCUT2D eigenvalue weighted by Crippen LogP contribution is 2.22. The van der Waals surface area contributed by atoms with E-state index in [-0.39, 0.29) is 24.7 Å². The van der Waals surface area contributed by atoms with Crippen LogP contribution in [0.5, 0.6) is 0 Å². The first-order valence-corrected chi connectivity index (χ1v) is 6.00. The second kappa shape index (κ2) is 5.23. The number of rotatable bonds is 2. The number of likely N-dealkylation sites (tertiary alicyclic amines) is 1. The Kier molecular flexibility index (Phi) is 4.38. The molecule has 0 spiro atoms. The number of amides is 1. The van der Waals surface area contributed by atoms with Crippen molar-refractivity contribution >= 4 is 6.09 Å². The molecule has 0 aromatic heterocycles. The van der Waals surface area contributed by atoms with Crippen molar-refractivity contribution in [1.29, 1.82) is 0 Å². The molecule has 1 rings (SSSR count). The Labute approximate surface area is 103 Å². The number of ether oxygens (including phenoxy) is 1. The molecule has 1 saturated heterocycles. The van der Waals surface area contributed by atoms with Gasteiger partial charge in [-0.2, -0.15) is 0 Å². The summed E-state index contributed by atoms with van der Waals surface area (Å²) in [6, 6.07) is 0.201. The van der Waals surface area contributed by atoms with Crippen LogP contribution in [-0.4, -0.2) is 66.4 Å². The zero-order valence-corrected chi connectivity index (χ0v) is 11.4. The Morgan fingerprint density at radius 3 is 2.35 bits per heavy atom. The van der Waals surface area contributed by atoms with Gasteiger partial charge in [-0.3, -0.25) is 0 Å². The minimum Gasteiger partial charge on any atom is -0.444 e. The van der Waals surface area contributed by atoms with Gasteiger partial charge in [0.25, 0.3) is 0 Å². The van der Waals surface area contributed by atoms with Gasteiger partial charge < -0.3 is 19.6 Å². The van der Waals surface area contributed by atoms with Crippen molar-refractivity contribution < 1.29 is 14.6 Å². The lowest BCUT2D eigenvalue weighted by molar-refractivity contribution is 0.0279. The number of hydrogen-bond acceptors (Lipinski definition) is 4. The van der Waals surface area contributed by atoms with Crippen molar-refractivity contribution in [2.45, 2.75) is 32.4 Å². The van der Waals surface area contributed by atoms with Crippen LogP contribution in [0.15, 0.2) is 0 Å². The molecule has 1 N–H and O–H groups in total. The molecule has 1 heterocycles. The average molecular weight is 244 g/mol. The molecule has 0 unspecified atom stereocenters. The molecule has 5 heteroatoms. The third-order valence-corrected chi connectivity index (χ3v) is 2.96.